The number of hydrogen-bond acceptors (Lipinski definition) is 27. The van der Waals surface area contributed by atoms with Crippen LogP contribution in [0.5, 0.6) is 0 Å². The molecule has 0 aromatic rings. The molecule has 2 spiro atoms. The molecule has 31 nitrogen and oxygen atoms in total. The topological polar surface area (TPSA) is 480 Å². The monoisotopic (exact) mass is 1740 g/mol. The van der Waals surface area contributed by atoms with E-state index in [9.17, 15) is 43.2 Å². The van der Waals surface area contributed by atoms with Gasteiger partial charge in [0.05, 0.1) is 39.9 Å². The number of carbonyl (C=O) groups excluding carboxylic acids is 10. The van der Waals surface area contributed by atoms with Crippen molar-refractivity contribution < 1.29 is 195 Å². The summed E-state index contributed by atoms with van der Waals surface area (Å²) in [6, 6.07) is 2.16. The minimum atomic E-state index is -1.06. The number of nitrogens with one attached hydrogen (secondary N) is 7. The number of halogens is 1. The molecular weight excluding hydrogens is 1590 g/mol. The van der Waals surface area contributed by atoms with Crippen LogP contribution >= 0.6 is 15.9 Å². The van der Waals surface area contributed by atoms with Crippen LogP contribution in [0.15, 0.2) is 0 Å². The van der Waals surface area contributed by atoms with Crippen LogP contribution < -0.4 is 168 Å². The van der Waals surface area contributed by atoms with Gasteiger partial charge in [-0.1, -0.05) is 145 Å². The van der Waals surface area contributed by atoms with Crippen molar-refractivity contribution in [2.75, 3.05) is 71.9 Å². The summed E-state index contributed by atoms with van der Waals surface area (Å²) in [6.45, 7) is 25.4. The number of ether oxygens (including phenoxy) is 7. The molecule has 9 aliphatic rings. The number of amides is 4. The Bertz CT molecular complexity index is 2650. The summed E-state index contributed by atoms with van der Waals surface area (Å²) in [5, 5.41) is 38.8. The van der Waals surface area contributed by atoms with Gasteiger partial charge in [-0.2, -0.15) is 5.26 Å². The second-order valence-corrected chi connectivity index (χ2v) is 34.9. The zero-order valence-corrected chi connectivity index (χ0v) is 79.9. The second kappa shape index (κ2) is 62.3. The van der Waals surface area contributed by atoms with Crippen molar-refractivity contribution in [3.63, 3.8) is 0 Å². The van der Waals surface area contributed by atoms with E-state index >= 15 is 0 Å². The summed E-state index contributed by atoms with van der Waals surface area (Å²) in [4.78, 5) is 110. The average molecular weight is 1740 g/mol. The van der Waals surface area contributed by atoms with Gasteiger partial charge in [0, 0.05) is 73.3 Å². The van der Waals surface area contributed by atoms with Gasteiger partial charge in [-0.15, -0.1) is 0 Å². The number of carbonyl (C=O) groups is 10. The van der Waals surface area contributed by atoms with E-state index in [1.807, 2.05) is 41.5 Å². The van der Waals surface area contributed by atoms with Gasteiger partial charge >= 0.3 is 139 Å². The van der Waals surface area contributed by atoms with Crippen LogP contribution in [0.4, 0.5) is 19.2 Å². The van der Waals surface area contributed by atoms with E-state index in [1.165, 1.54) is 123 Å². The molecule has 0 aromatic carbocycles. The minimum Gasteiger partial charge on any atom is -1.00 e. The van der Waals surface area contributed by atoms with Gasteiger partial charge < -0.3 is 99.6 Å². The molecule has 0 unspecified atom stereocenters. The summed E-state index contributed by atoms with van der Waals surface area (Å²) in [7, 11) is 2.72. The van der Waals surface area contributed by atoms with Gasteiger partial charge in [-0.3, -0.25) is 34.1 Å². The van der Waals surface area contributed by atoms with Crippen molar-refractivity contribution in [3.05, 3.63) is 0 Å². The Morgan fingerprint density at radius 1 is 0.518 bits per heavy atom. The molecule has 15 N–H and O–H groups in total. The van der Waals surface area contributed by atoms with Gasteiger partial charge in [0.2, 0.25) is 11.8 Å². The number of piperazine rings is 2. The number of methoxy groups -OCH3 is 2. The molecule has 114 heavy (non-hydrogen) atoms. The number of hydrogen-bond donors (Lipinski definition) is 11. The van der Waals surface area contributed by atoms with E-state index in [0.29, 0.717) is 38.5 Å². The number of nitrogens with two attached hydrogens (primary N) is 4. The van der Waals surface area contributed by atoms with Crippen molar-refractivity contribution >= 4 is 76.4 Å². The largest absolute Gasteiger partial charge is 1.00 e. The third kappa shape index (κ3) is 61.5. The maximum atomic E-state index is 11.8. The first kappa shape index (κ1) is 118. The zero-order chi connectivity index (χ0) is 84.3. The molecule has 2 aliphatic heterocycles. The Kier molecular flexibility index (Phi) is 64.3. The fraction of sp³-hybridized carbons (Fsp3) is 0.863. The van der Waals surface area contributed by atoms with Crippen LogP contribution in [-0.2, 0) is 66.8 Å². The molecule has 9 rings (SSSR count). The van der Waals surface area contributed by atoms with E-state index in [-0.39, 0.29) is 188 Å². The molecule has 2 saturated heterocycles. The molecule has 654 valence electrons. The minimum absolute atomic E-state index is 0. The van der Waals surface area contributed by atoms with E-state index in [0.717, 1.165) is 129 Å². The first-order valence-electron chi connectivity index (χ1n) is 40.1. The van der Waals surface area contributed by atoms with Gasteiger partial charge in [0.25, 0.3) is 6.47 Å². The van der Waals surface area contributed by atoms with Crippen molar-refractivity contribution in [2.45, 2.75) is 371 Å². The van der Waals surface area contributed by atoms with E-state index in [4.69, 9.17) is 57.2 Å². The molecular formula is C80H151BrK2N12O19. The molecule has 0 atom stereocenters. The fourth-order valence-electron chi connectivity index (χ4n) is 13.4. The fourth-order valence-corrected chi connectivity index (χ4v) is 13.6. The Morgan fingerprint density at radius 2 is 0.842 bits per heavy atom. The van der Waals surface area contributed by atoms with E-state index in [2.05, 4.69) is 78.3 Å². The SMILES string of the molecule is C.CC(C)(C)OC(=O)NCC1(N)CCCCC1.CC(C)(C)OC(=O)OC(=O)OC(C)(C)C.COC(=O)CBr.COC(=O)CNC1(CNC(=O)OC(C)(C)C)CCCCC1.N#CC1(N)CCCCC1.NCC1(N)CCCCC1.O=C1CCCCC1.O=C1CNC2(CCCCC2)CN1.O=C1CNC2(CCCCC2)CN1.O=CO[O-].[H-].[K+].[K+]. The molecule has 0 bridgehead atoms. The van der Waals surface area contributed by atoms with E-state index < -0.39 is 46.3 Å². The predicted molar refractivity (Wildman–Crippen MR) is 435 cm³/mol. The van der Waals surface area contributed by atoms with Crippen molar-refractivity contribution in [1.82, 2.24) is 37.2 Å². The summed E-state index contributed by atoms with van der Waals surface area (Å²) in [6.07, 6.45) is 37.4. The number of rotatable bonds is 10. The predicted octanol–water partition coefficient (Wildman–Crippen LogP) is 4.88. The summed E-state index contributed by atoms with van der Waals surface area (Å²) >= 11 is 2.90. The van der Waals surface area contributed by atoms with Gasteiger partial charge in [0.15, 0.2) is 0 Å². The first-order valence-corrected chi connectivity index (χ1v) is 41.2. The number of Topliss-reactive ketones (excluding diaryl/α,β-unsaturated/α-hetero) is 1. The van der Waals surface area contributed by atoms with Crippen LogP contribution in [0.3, 0.4) is 0 Å². The quantitative estimate of drug-likeness (QED) is 0.0203. The number of alkyl carbamates (subject to hydrolysis) is 2. The maximum Gasteiger partial charge on any atom is 1.00 e. The van der Waals surface area contributed by atoms with Gasteiger partial charge in [-0.05, 0) is 173 Å². The molecule has 9 fully saturated rings. The average Bonchev–Trinajstić information content (AvgIpc) is 0.825. The van der Waals surface area contributed by atoms with Crippen molar-refractivity contribution in [1.29, 1.82) is 5.26 Å². The van der Waals surface area contributed by atoms with Gasteiger partial charge in [-0.25, -0.2) is 19.2 Å². The summed E-state index contributed by atoms with van der Waals surface area (Å²) < 4.78 is 33.1. The number of esters is 2. The van der Waals surface area contributed by atoms with Crippen molar-refractivity contribution in [3.8, 4) is 6.07 Å². The maximum absolute atomic E-state index is 11.8. The molecule has 7 aliphatic carbocycles. The molecule has 0 aromatic heterocycles. The van der Waals surface area contributed by atoms with Crippen molar-refractivity contribution in [2.24, 2.45) is 22.9 Å². The zero-order valence-electron chi connectivity index (χ0n) is 73.1. The third-order valence-corrected chi connectivity index (χ3v) is 20.0. The number of ketones is 1. The third-order valence-electron chi connectivity index (χ3n) is 19.5. The van der Waals surface area contributed by atoms with Crippen LogP contribution in [-0.4, -0.2) is 188 Å². The molecule has 4 amide bonds. The Hall–Kier alpha value is -2.78. The standard InChI is InChI=1S/C15H28N2O4.C12H24N2O2.C10H18O5.2C9H16N2O.C7H16N2.C7H12N2.C6H10O.C3H5BrO2.CH2O3.CH4.2K.H/c1-14(2,3)21-13(19)16-11-15(8-6-5-7-9-15)17-10-12(18)20-4;1-11(2,3)16-10(15)14-9-12(13)7-5-4-6-8-12;1-9(2,3)14-7(11)13-8(12)15-10(4,5)6;2*12-8-6-11-9(7-10-8)4-2-1-3-5-9;2*8-6-7(9)4-2-1-3-5-7;7-6-4-2-1-3-5-6;1-6-3(5)2-4;2-1-4-3;;;;/h17H,5-11H2,1-4H3,(H,16,19);4-9,13H2,1-3H3,(H,14,15);1-6H3;2*11H,1-7H2,(H,10,12);1-6,8-9H2;1-5,9H2;1-5H2;2H2,1H3;1,3H;1H4;;;/q;;;;;;;;;;;2*+1;-1/p-1. The van der Waals surface area contributed by atoms with Crippen LogP contribution in [0, 0.1) is 11.3 Å². The molecule has 2 heterocycles. The number of nitriles is 1. The Morgan fingerprint density at radius 3 is 1.11 bits per heavy atom. The van der Waals surface area contributed by atoms with E-state index in [1.54, 1.807) is 41.5 Å². The molecule has 34 heteroatoms. The number of nitrogens with zero attached hydrogens (tertiary/aromatic N) is 1. The smallest absolute Gasteiger partial charge is 1.00 e. The molecule has 0 radical (unpaired) electrons. The Balaban J connectivity index is -0.000000398. The first-order chi connectivity index (χ1) is 51.8. The second-order valence-electron chi connectivity index (χ2n) is 34.3. The van der Waals surface area contributed by atoms with Crippen LogP contribution in [0.2, 0.25) is 0 Å². The molecule has 7 saturated carbocycles. The van der Waals surface area contributed by atoms with Crippen LogP contribution in [0.1, 0.15) is 317 Å². The van der Waals surface area contributed by atoms with Gasteiger partial charge in [0.1, 0.15) is 39.1 Å². The van der Waals surface area contributed by atoms with Crippen LogP contribution in [0.25, 0.3) is 0 Å². The number of alkyl halides is 1. The summed E-state index contributed by atoms with van der Waals surface area (Å²) in [5.41, 5.74) is 20.6. The summed E-state index contributed by atoms with van der Waals surface area (Å²) in [5.74, 6) is 0.218. The Labute approximate surface area is 778 Å². The normalized spacial score (nSPS) is 19.7.